The third kappa shape index (κ3) is 3.79. The number of rotatable bonds is 2. The van der Waals surface area contributed by atoms with Crippen molar-refractivity contribution in [3.63, 3.8) is 0 Å². The van der Waals surface area contributed by atoms with Crippen molar-refractivity contribution in [3.8, 4) is 6.07 Å². The molecule has 0 aliphatic heterocycles. The van der Waals surface area contributed by atoms with E-state index in [1.165, 1.54) is 12.1 Å². The fourth-order valence-corrected chi connectivity index (χ4v) is 2.18. The number of halogens is 4. The molecule has 3 amide bonds. The second-order valence-electron chi connectivity index (χ2n) is 4.43. The zero-order valence-corrected chi connectivity index (χ0v) is 13.2. The van der Waals surface area contributed by atoms with Gasteiger partial charge >= 0.3 is 6.03 Å². The Bertz CT molecular complexity index is 862. The molecule has 0 aliphatic rings. The van der Waals surface area contributed by atoms with E-state index in [0.29, 0.717) is 0 Å². The predicted molar refractivity (Wildman–Crippen MR) is 84.0 cm³/mol. The average molecular weight is 370 g/mol. The Morgan fingerprint density at radius 2 is 1.71 bits per heavy atom. The molecule has 122 valence electrons. The number of nitrogens with one attached hydrogen (secondary N) is 2. The van der Waals surface area contributed by atoms with Gasteiger partial charge in [-0.15, -0.1) is 0 Å². The highest BCUT2D eigenvalue weighted by Crippen LogP contribution is 2.28. The quantitative estimate of drug-likeness (QED) is 0.835. The Morgan fingerprint density at radius 3 is 2.29 bits per heavy atom. The van der Waals surface area contributed by atoms with Crippen LogP contribution in [0.15, 0.2) is 30.3 Å². The van der Waals surface area contributed by atoms with Gasteiger partial charge in [-0.05, 0) is 24.3 Å². The van der Waals surface area contributed by atoms with Crippen molar-refractivity contribution in [3.05, 3.63) is 63.1 Å². The fourth-order valence-electron chi connectivity index (χ4n) is 1.76. The third-order valence-electron chi connectivity index (χ3n) is 2.84. The summed E-state index contributed by atoms with van der Waals surface area (Å²) >= 11 is 11.7. The van der Waals surface area contributed by atoms with E-state index in [2.05, 4.69) is 5.32 Å². The van der Waals surface area contributed by atoms with Crippen molar-refractivity contribution in [1.29, 1.82) is 5.26 Å². The van der Waals surface area contributed by atoms with Crippen LogP contribution in [0.25, 0.3) is 0 Å². The summed E-state index contributed by atoms with van der Waals surface area (Å²) in [5.74, 6) is -3.49. The van der Waals surface area contributed by atoms with Crippen molar-refractivity contribution < 1.29 is 18.4 Å². The number of hydrogen-bond acceptors (Lipinski definition) is 3. The van der Waals surface area contributed by atoms with Crippen molar-refractivity contribution in [1.82, 2.24) is 5.32 Å². The molecule has 2 aromatic rings. The molecule has 0 aliphatic carbocycles. The minimum absolute atomic E-state index is 0.00405. The van der Waals surface area contributed by atoms with Gasteiger partial charge in [0, 0.05) is 0 Å². The zero-order chi connectivity index (χ0) is 17.9. The van der Waals surface area contributed by atoms with Gasteiger partial charge in [0.15, 0.2) is 0 Å². The number of nitrogens with zero attached hydrogens (tertiary/aromatic N) is 1. The molecule has 0 spiro atoms. The molecule has 2 rings (SSSR count). The van der Waals surface area contributed by atoms with Gasteiger partial charge in [0.1, 0.15) is 23.3 Å². The topological polar surface area (TPSA) is 82.0 Å². The van der Waals surface area contributed by atoms with Gasteiger partial charge in [-0.25, -0.2) is 13.6 Å². The predicted octanol–water partition coefficient (Wildman–Crippen LogP) is 4.11. The van der Waals surface area contributed by atoms with Gasteiger partial charge in [0.05, 0.1) is 21.3 Å². The minimum atomic E-state index is -1.26. The number of nitriles is 1. The first-order valence-electron chi connectivity index (χ1n) is 6.29. The maximum Gasteiger partial charge on any atom is 0.326 e. The Balaban J connectivity index is 2.16. The van der Waals surface area contributed by atoms with Crippen molar-refractivity contribution in [2.24, 2.45) is 0 Å². The minimum Gasteiger partial charge on any atom is -0.306 e. The maximum atomic E-state index is 13.5. The molecule has 0 bridgehead atoms. The molecule has 0 radical (unpaired) electrons. The van der Waals surface area contributed by atoms with E-state index in [-0.39, 0.29) is 21.3 Å². The molecule has 5 nitrogen and oxygen atoms in total. The molecule has 0 aromatic heterocycles. The molecule has 2 aromatic carbocycles. The van der Waals surface area contributed by atoms with Crippen LogP contribution in [0.2, 0.25) is 10.0 Å². The monoisotopic (exact) mass is 369 g/mol. The van der Waals surface area contributed by atoms with Crippen LogP contribution in [-0.4, -0.2) is 11.9 Å². The summed E-state index contributed by atoms with van der Waals surface area (Å²) in [6.45, 7) is 0. The van der Waals surface area contributed by atoms with E-state index in [9.17, 15) is 18.4 Å². The van der Waals surface area contributed by atoms with E-state index in [1.54, 1.807) is 11.4 Å². The van der Waals surface area contributed by atoms with Crippen LogP contribution in [-0.2, 0) is 0 Å². The lowest BCUT2D eigenvalue weighted by molar-refractivity contribution is 0.0959. The Hall–Kier alpha value is -2.69. The number of carbonyl (C=O) groups is 2. The standard InChI is InChI=1S/C15H7Cl2F2N3O2/c16-8-5-12(9(17)4-7(8)6-20)21-15(24)22-14(23)13-10(18)2-1-3-11(13)19/h1-5H,(H2,21,22,23,24). The highest BCUT2D eigenvalue weighted by molar-refractivity contribution is 6.36. The molecule has 0 unspecified atom stereocenters. The molecule has 0 saturated carbocycles. The molecule has 2 N–H and O–H groups in total. The van der Waals surface area contributed by atoms with E-state index in [0.717, 1.165) is 18.2 Å². The van der Waals surface area contributed by atoms with Crippen molar-refractivity contribution in [2.75, 3.05) is 5.32 Å². The lowest BCUT2D eigenvalue weighted by Crippen LogP contribution is -2.35. The summed E-state index contributed by atoms with van der Waals surface area (Å²) in [4.78, 5) is 23.6. The van der Waals surface area contributed by atoms with Crippen LogP contribution >= 0.6 is 23.2 Å². The van der Waals surface area contributed by atoms with Crippen LogP contribution in [0.4, 0.5) is 19.3 Å². The highest BCUT2D eigenvalue weighted by Gasteiger charge is 2.19. The highest BCUT2D eigenvalue weighted by atomic mass is 35.5. The van der Waals surface area contributed by atoms with Crippen molar-refractivity contribution in [2.45, 2.75) is 0 Å². The Morgan fingerprint density at radius 1 is 1.08 bits per heavy atom. The van der Waals surface area contributed by atoms with Gasteiger partial charge in [-0.3, -0.25) is 10.1 Å². The largest absolute Gasteiger partial charge is 0.326 e. The molecule has 0 fully saturated rings. The van der Waals surface area contributed by atoms with Crippen LogP contribution in [0, 0.1) is 23.0 Å². The summed E-state index contributed by atoms with van der Waals surface area (Å²) in [5, 5.41) is 12.8. The van der Waals surface area contributed by atoms with Crippen LogP contribution in [0.1, 0.15) is 15.9 Å². The number of hydrogen-bond donors (Lipinski definition) is 2. The van der Waals surface area contributed by atoms with Gasteiger partial charge in [-0.1, -0.05) is 29.3 Å². The molecule has 0 saturated heterocycles. The van der Waals surface area contributed by atoms with Gasteiger partial charge < -0.3 is 5.32 Å². The lowest BCUT2D eigenvalue weighted by atomic mass is 10.2. The Kier molecular flexibility index (Phi) is 5.34. The molecule has 24 heavy (non-hydrogen) atoms. The third-order valence-corrected chi connectivity index (χ3v) is 3.47. The van der Waals surface area contributed by atoms with Crippen LogP contribution in [0.5, 0.6) is 0 Å². The number of carbonyl (C=O) groups excluding carboxylic acids is 2. The van der Waals surface area contributed by atoms with Gasteiger partial charge in [-0.2, -0.15) is 5.26 Å². The maximum absolute atomic E-state index is 13.5. The number of anilines is 1. The Labute approximate surface area is 144 Å². The SMILES string of the molecule is N#Cc1cc(Cl)c(NC(=O)NC(=O)c2c(F)cccc2F)cc1Cl. The van der Waals surface area contributed by atoms with E-state index >= 15 is 0 Å². The number of imide groups is 1. The molecular formula is C15H7Cl2F2N3O2. The normalized spacial score (nSPS) is 9.96. The summed E-state index contributed by atoms with van der Waals surface area (Å²) in [7, 11) is 0. The first-order chi connectivity index (χ1) is 11.3. The molecule has 0 atom stereocenters. The summed E-state index contributed by atoms with van der Waals surface area (Å²) in [6, 6.07) is 5.99. The molecule has 9 heteroatoms. The number of urea groups is 1. The van der Waals surface area contributed by atoms with E-state index in [4.69, 9.17) is 28.5 Å². The summed E-state index contributed by atoms with van der Waals surface area (Å²) in [5.41, 5.74) is -0.784. The smallest absolute Gasteiger partial charge is 0.306 e. The van der Waals surface area contributed by atoms with Crippen molar-refractivity contribution >= 4 is 40.8 Å². The van der Waals surface area contributed by atoms with Crippen LogP contribution in [0.3, 0.4) is 0 Å². The van der Waals surface area contributed by atoms with Gasteiger partial charge in [0.25, 0.3) is 5.91 Å². The zero-order valence-electron chi connectivity index (χ0n) is 11.7. The summed E-state index contributed by atoms with van der Waals surface area (Å²) in [6.07, 6.45) is 0. The van der Waals surface area contributed by atoms with E-state index < -0.39 is 29.1 Å². The lowest BCUT2D eigenvalue weighted by Gasteiger charge is -2.10. The van der Waals surface area contributed by atoms with Crippen LogP contribution < -0.4 is 10.6 Å². The summed E-state index contributed by atoms with van der Waals surface area (Å²) < 4.78 is 27.0. The fraction of sp³-hybridized carbons (Fsp3) is 0. The van der Waals surface area contributed by atoms with E-state index in [1.807, 2.05) is 0 Å². The number of benzene rings is 2. The molecular weight excluding hydrogens is 363 g/mol. The average Bonchev–Trinajstić information content (AvgIpc) is 2.50. The second-order valence-corrected chi connectivity index (χ2v) is 5.24. The number of amides is 3. The first kappa shape index (κ1) is 17.7. The first-order valence-corrected chi connectivity index (χ1v) is 7.04. The second kappa shape index (κ2) is 7.25. The van der Waals surface area contributed by atoms with Gasteiger partial charge in [0.2, 0.25) is 0 Å². The molecule has 0 heterocycles.